The largest absolute Gasteiger partial charge is 0.480 e. The molecule has 0 aliphatic rings. The van der Waals surface area contributed by atoms with E-state index in [-0.39, 0.29) is 11.8 Å². The van der Waals surface area contributed by atoms with Crippen molar-refractivity contribution in [2.45, 2.75) is 58.7 Å². The summed E-state index contributed by atoms with van der Waals surface area (Å²) < 4.78 is 0. The molecule has 3 unspecified atom stereocenters. The van der Waals surface area contributed by atoms with Crippen LogP contribution in [0.25, 0.3) is 0 Å². The highest BCUT2D eigenvalue weighted by Crippen LogP contribution is 2.08. The average molecular weight is 362 g/mol. The number of nitrogens with one attached hydrogen (secondary N) is 2. The minimum Gasteiger partial charge on any atom is -0.480 e. The molecule has 2 amide bonds. The number of thioether (sulfide) groups is 1. The van der Waals surface area contributed by atoms with Crippen molar-refractivity contribution in [3.8, 4) is 0 Å². The molecular weight excluding hydrogens is 330 g/mol. The van der Waals surface area contributed by atoms with Crippen LogP contribution in [0.2, 0.25) is 0 Å². The number of hydrogen-bond donors (Lipinski definition) is 4. The summed E-state index contributed by atoms with van der Waals surface area (Å²) in [4.78, 5) is 35.8. The van der Waals surface area contributed by atoms with E-state index in [1.807, 2.05) is 20.1 Å². The van der Waals surface area contributed by atoms with Crippen molar-refractivity contribution >= 4 is 29.5 Å². The standard InChI is InChI=1S/C16H31N3O4S/c1-9(2)8-11(17)14(20)19-13(10(3)4)15(21)18-12(16(22)23)6-7-24-5/h9-13H,6-8,17H2,1-5H3,(H,18,21)(H,19,20)(H,22,23). The first-order valence-electron chi connectivity index (χ1n) is 8.18. The van der Waals surface area contributed by atoms with E-state index in [1.54, 1.807) is 13.8 Å². The molecule has 0 aromatic rings. The van der Waals surface area contributed by atoms with Crippen LogP contribution < -0.4 is 16.4 Å². The molecule has 0 saturated heterocycles. The van der Waals surface area contributed by atoms with Crippen LogP contribution in [-0.2, 0) is 14.4 Å². The maximum absolute atomic E-state index is 12.4. The number of nitrogens with two attached hydrogens (primary N) is 1. The van der Waals surface area contributed by atoms with Crippen molar-refractivity contribution in [2.75, 3.05) is 12.0 Å². The minimum absolute atomic E-state index is 0.185. The van der Waals surface area contributed by atoms with E-state index >= 15 is 0 Å². The number of carbonyl (C=O) groups is 3. The molecule has 5 N–H and O–H groups in total. The van der Waals surface area contributed by atoms with Gasteiger partial charge in [-0.1, -0.05) is 27.7 Å². The quantitative estimate of drug-likeness (QED) is 0.432. The Morgan fingerprint density at radius 3 is 2.08 bits per heavy atom. The number of hydrogen-bond acceptors (Lipinski definition) is 5. The average Bonchev–Trinajstić information content (AvgIpc) is 2.46. The van der Waals surface area contributed by atoms with Gasteiger partial charge in [0.1, 0.15) is 12.1 Å². The number of amides is 2. The van der Waals surface area contributed by atoms with Gasteiger partial charge in [-0.25, -0.2) is 4.79 Å². The molecule has 0 bridgehead atoms. The Labute approximate surface area is 148 Å². The van der Waals surface area contributed by atoms with Crippen molar-refractivity contribution in [1.29, 1.82) is 0 Å². The van der Waals surface area contributed by atoms with Crippen LogP contribution in [0.5, 0.6) is 0 Å². The van der Waals surface area contributed by atoms with E-state index in [1.165, 1.54) is 11.8 Å². The topological polar surface area (TPSA) is 122 Å². The van der Waals surface area contributed by atoms with Gasteiger partial charge in [-0.05, 0) is 36.7 Å². The van der Waals surface area contributed by atoms with Gasteiger partial charge in [0, 0.05) is 0 Å². The lowest BCUT2D eigenvalue weighted by atomic mass is 10.00. The lowest BCUT2D eigenvalue weighted by Gasteiger charge is -2.25. The van der Waals surface area contributed by atoms with Gasteiger partial charge >= 0.3 is 5.97 Å². The first kappa shape index (κ1) is 22.7. The van der Waals surface area contributed by atoms with Gasteiger partial charge in [0.05, 0.1) is 6.04 Å². The summed E-state index contributed by atoms with van der Waals surface area (Å²) in [5, 5.41) is 14.4. The van der Waals surface area contributed by atoms with Crippen LogP contribution in [0.3, 0.4) is 0 Å². The number of aliphatic carboxylic acids is 1. The molecule has 0 aliphatic heterocycles. The van der Waals surface area contributed by atoms with Crippen molar-refractivity contribution in [1.82, 2.24) is 10.6 Å². The number of carbonyl (C=O) groups excluding carboxylic acids is 2. The van der Waals surface area contributed by atoms with Crippen LogP contribution in [0.1, 0.15) is 40.5 Å². The van der Waals surface area contributed by atoms with Crippen LogP contribution >= 0.6 is 11.8 Å². The molecule has 24 heavy (non-hydrogen) atoms. The van der Waals surface area contributed by atoms with Gasteiger partial charge in [0.2, 0.25) is 11.8 Å². The van der Waals surface area contributed by atoms with Gasteiger partial charge in [-0.15, -0.1) is 0 Å². The van der Waals surface area contributed by atoms with Crippen LogP contribution in [0.15, 0.2) is 0 Å². The van der Waals surface area contributed by atoms with E-state index in [0.717, 1.165) is 0 Å². The Kier molecular flexibility index (Phi) is 10.7. The van der Waals surface area contributed by atoms with Crippen LogP contribution in [-0.4, -0.2) is 53.0 Å². The molecule has 0 aromatic carbocycles. The monoisotopic (exact) mass is 361 g/mol. The zero-order valence-electron chi connectivity index (χ0n) is 15.2. The van der Waals surface area contributed by atoms with E-state index in [0.29, 0.717) is 18.6 Å². The minimum atomic E-state index is -1.08. The van der Waals surface area contributed by atoms with E-state index in [2.05, 4.69) is 10.6 Å². The zero-order chi connectivity index (χ0) is 18.9. The first-order valence-corrected chi connectivity index (χ1v) is 9.57. The van der Waals surface area contributed by atoms with Gasteiger partial charge < -0.3 is 21.5 Å². The molecule has 0 radical (unpaired) electrons. The van der Waals surface area contributed by atoms with E-state index < -0.39 is 35.9 Å². The van der Waals surface area contributed by atoms with Crippen LogP contribution in [0.4, 0.5) is 0 Å². The second kappa shape index (κ2) is 11.3. The third kappa shape index (κ3) is 8.54. The van der Waals surface area contributed by atoms with Crippen molar-refractivity contribution in [3.63, 3.8) is 0 Å². The van der Waals surface area contributed by atoms with Gasteiger partial charge in [-0.2, -0.15) is 11.8 Å². The van der Waals surface area contributed by atoms with Crippen molar-refractivity contribution in [2.24, 2.45) is 17.6 Å². The summed E-state index contributed by atoms with van der Waals surface area (Å²) in [5.41, 5.74) is 5.84. The Morgan fingerprint density at radius 1 is 1.08 bits per heavy atom. The highest BCUT2D eigenvalue weighted by Gasteiger charge is 2.29. The number of carboxylic acid groups (broad SMARTS) is 1. The molecule has 3 atom stereocenters. The number of carboxylic acids is 1. The number of rotatable bonds is 11. The molecule has 140 valence electrons. The molecule has 0 rings (SSSR count). The van der Waals surface area contributed by atoms with Gasteiger partial charge in [-0.3, -0.25) is 9.59 Å². The first-order chi connectivity index (χ1) is 11.1. The van der Waals surface area contributed by atoms with Crippen molar-refractivity contribution in [3.05, 3.63) is 0 Å². The fourth-order valence-electron chi connectivity index (χ4n) is 2.16. The molecule has 0 aliphatic carbocycles. The maximum atomic E-state index is 12.4. The summed E-state index contributed by atoms with van der Waals surface area (Å²) in [6.45, 7) is 7.50. The molecular formula is C16H31N3O4S. The Morgan fingerprint density at radius 2 is 1.67 bits per heavy atom. The van der Waals surface area contributed by atoms with Gasteiger partial charge in [0.25, 0.3) is 0 Å². The summed E-state index contributed by atoms with van der Waals surface area (Å²) in [6.07, 6.45) is 2.71. The molecule has 0 fully saturated rings. The smallest absolute Gasteiger partial charge is 0.326 e. The third-order valence-electron chi connectivity index (χ3n) is 3.53. The normalized spacial score (nSPS) is 15.0. The second-order valence-electron chi connectivity index (χ2n) is 6.65. The van der Waals surface area contributed by atoms with E-state index in [4.69, 9.17) is 5.73 Å². The predicted octanol–water partition coefficient (Wildman–Crippen LogP) is 0.823. The summed E-state index contributed by atoms with van der Waals surface area (Å²) in [7, 11) is 0. The fraction of sp³-hybridized carbons (Fsp3) is 0.812. The molecule has 7 nitrogen and oxygen atoms in total. The second-order valence-corrected chi connectivity index (χ2v) is 7.63. The highest BCUT2D eigenvalue weighted by molar-refractivity contribution is 7.98. The lowest BCUT2D eigenvalue weighted by molar-refractivity contribution is -0.142. The predicted molar refractivity (Wildman–Crippen MR) is 96.8 cm³/mol. The molecule has 0 aromatic heterocycles. The van der Waals surface area contributed by atoms with Crippen molar-refractivity contribution < 1.29 is 19.5 Å². The summed E-state index contributed by atoms with van der Waals surface area (Å²) in [6, 6.07) is -2.47. The molecule has 0 spiro atoms. The zero-order valence-corrected chi connectivity index (χ0v) is 16.0. The van der Waals surface area contributed by atoms with Crippen LogP contribution in [0, 0.1) is 11.8 Å². The third-order valence-corrected chi connectivity index (χ3v) is 4.18. The van der Waals surface area contributed by atoms with E-state index in [9.17, 15) is 19.5 Å². The molecule has 0 heterocycles. The van der Waals surface area contributed by atoms with Gasteiger partial charge in [0.15, 0.2) is 0 Å². The Hall–Kier alpha value is -1.28. The lowest BCUT2D eigenvalue weighted by Crippen LogP contribution is -2.56. The SMILES string of the molecule is CSCCC(NC(=O)C(NC(=O)C(N)CC(C)C)C(C)C)C(=O)O. The summed E-state index contributed by atoms with van der Waals surface area (Å²) >= 11 is 1.51. The fourth-order valence-corrected chi connectivity index (χ4v) is 2.64. The molecule has 8 heteroatoms. The summed E-state index contributed by atoms with van der Waals surface area (Å²) in [5.74, 6) is -1.27. The molecule has 0 saturated carbocycles. The maximum Gasteiger partial charge on any atom is 0.326 e. The Balaban J connectivity index is 4.88. The Bertz CT molecular complexity index is 430. The highest BCUT2D eigenvalue weighted by atomic mass is 32.2.